The summed E-state index contributed by atoms with van der Waals surface area (Å²) in [6.07, 6.45) is 4.24. The number of nitrogens with two attached hydrogens (primary N) is 1. The van der Waals surface area contributed by atoms with E-state index >= 15 is 0 Å². The van der Waals surface area contributed by atoms with Gasteiger partial charge in [0.1, 0.15) is 4.90 Å². The van der Waals surface area contributed by atoms with E-state index in [-0.39, 0.29) is 17.2 Å². The fraction of sp³-hybridized carbons (Fsp3) is 0.600. The summed E-state index contributed by atoms with van der Waals surface area (Å²) in [6.45, 7) is 3.43. The molecule has 0 spiro atoms. The molecule has 21 heavy (non-hydrogen) atoms. The highest BCUT2D eigenvalue weighted by atomic mass is 32.2. The molecule has 0 radical (unpaired) electrons. The van der Waals surface area contributed by atoms with Crippen LogP contribution in [0.5, 0.6) is 0 Å². The minimum Gasteiger partial charge on any atom is -0.398 e. The van der Waals surface area contributed by atoms with Gasteiger partial charge in [-0.15, -0.1) is 0 Å². The van der Waals surface area contributed by atoms with Crippen LogP contribution >= 0.6 is 0 Å². The van der Waals surface area contributed by atoms with Crippen molar-refractivity contribution in [2.24, 2.45) is 0 Å². The highest BCUT2D eigenvalue weighted by Gasteiger charge is 2.37. The van der Waals surface area contributed by atoms with Crippen LogP contribution in [0.25, 0.3) is 0 Å². The van der Waals surface area contributed by atoms with Crippen LogP contribution in [0.2, 0.25) is 0 Å². The summed E-state index contributed by atoms with van der Waals surface area (Å²) >= 11 is 0. The molecule has 5 nitrogen and oxygen atoms in total. The Morgan fingerprint density at radius 2 is 1.86 bits per heavy atom. The summed E-state index contributed by atoms with van der Waals surface area (Å²) in [4.78, 5) is 0.140. The zero-order valence-corrected chi connectivity index (χ0v) is 13.5. The SMILES string of the molecule is Cc1ccc(N)c(S(=O)(=O)NC2(CO)CCCCC2)c1C. The molecular weight excluding hydrogens is 288 g/mol. The van der Waals surface area contributed by atoms with Gasteiger partial charge in [0.25, 0.3) is 0 Å². The van der Waals surface area contributed by atoms with Gasteiger partial charge >= 0.3 is 0 Å². The fourth-order valence-corrected chi connectivity index (χ4v) is 4.91. The maximum Gasteiger partial charge on any atom is 0.243 e. The van der Waals surface area contributed by atoms with Crippen molar-refractivity contribution in [3.05, 3.63) is 23.3 Å². The van der Waals surface area contributed by atoms with Crippen molar-refractivity contribution in [1.29, 1.82) is 0 Å². The first-order chi connectivity index (χ1) is 9.81. The average molecular weight is 312 g/mol. The number of nitrogens with one attached hydrogen (secondary N) is 1. The molecule has 0 atom stereocenters. The van der Waals surface area contributed by atoms with Gasteiger partial charge in [0, 0.05) is 0 Å². The van der Waals surface area contributed by atoms with Crippen molar-refractivity contribution in [1.82, 2.24) is 4.72 Å². The lowest BCUT2D eigenvalue weighted by Crippen LogP contribution is -2.52. The number of benzene rings is 1. The number of rotatable bonds is 4. The Morgan fingerprint density at radius 1 is 1.24 bits per heavy atom. The van der Waals surface area contributed by atoms with Crippen molar-refractivity contribution < 1.29 is 13.5 Å². The lowest BCUT2D eigenvalue weighted by molar-refractivity contribution is 0.142. The first kappa shape index (κ1) is 16.3. The number of aliphatic hydroxyl groups is 1. The molecule has 0 aromatic heterocycles. The van der Waals surface area contributed by atoms with Crippen molar-refractivity contribution in [2.45, 2.75) is 56.4 Å². The van der Waals surface area contributed by atoms with Crippen molar-refractivity contribution in [3.8, 4) is 0 Å². The van der Waals surface area contributed by atoms with Crippen LogP contribution in [0, 0.1) is 13.8 Å². The quantitative estimate of drug-likeness (QED) is 0.740. The normalized spacial score (nSPS) is 18.6. The molecule has 1 aromatic rings. The summed E-state index contributed by atoms with van der Waals surface area (Å²) in [5.41, 5.74) is 6.92. The lowest BCUT2D eigenvalue weighted by Gasteiger charge is -2.36. The minimum absolute atomic E-state index is 0.140. The van der Waals surface area contributed by atoms with Crippen molar-refractivity contribution >= 4 is 15.7 Å². The van der Waals surface area contributed by atoms with Crippen LogP contribution < -0.4 is 10.5 Å². The molecule has 0 unspecified atom stereocenters. The second kappa shape index (κ2) is 5.94. The van der Waals surface area contributed by atoms with Crippen LogP contribution in [0.15, 0.2) is 17.0 Å². The Kier molecular flexibility index (Phi) is 4.60. The third-order valence-electron chi connectivity index (χ3n) is 4.44. The average Bonchev–Trinajstić information content (AvgIpc) is 2.43. The Bertz CT molecular complexity index is 620. The molecule has 1 aromatic carbocycles. The van der Waals surface area contributed by atoms with Gasteiger partial charge < -0.3 is 10.8 Å². The lowest BCUT2D eigenvalue weighted by atomic mass is 9.83. The molecule has 1 saturated carbocycles. The smallest absolute Gasteiger partial charge is 0.243 e. The van der Waals surface area contributed by atoms with Gasteiger partial charge in [0.2, 0.25) is 10.0 Å². The van der Waals surface area contributed by atoms with Crippen LogP contribution in [0.4, 0.5) is 5.69 Å². The molecule has 6 heteroatoms. The van der Waals surface area contributed by atoms with Gasteiger partial charge in [-0.2, -0.15) is 0 Å². The molecule has 0 saturated heterocycles. The maximum absolute atomic E-state index is 12.8. The first-order valence-corrected chi connectivity index (χ1v) is 8.80. The number of aryl methyl sites for hydroxylation is 1. The molecule has 1 fully saturated rings. The predicted molar refractivity (Wildman–Crippen MR) is 83.6 cm³/mol. The van der Waals surface area contributed by atoms with Gasteiger partial charge in [-0.05, 0) is 43.9 Å². The molecule has 2 rings (SSSR count). The Balaban J connectivity index is 2.41. The van der Waals surface area contributed by atoms with E-state index in [1.807, 2.05) is 13.0 Å². The number of aliphatic hydroxyl groups excluding tert-OH is 1. The molecular formula is C15H24N2O3S. The second-order valence-electron chi connectivity index (χ2n) is 6.03. The molecule has 0 amide bonds. The van der Waals surface area contributed by atoms with E-state index in [0.717, 1.165) is 24.8 Å². The largest absolute Gasteiger partial charge is 0.398 e. The maximum atomic E-state index is 12.8. The second-order valence-corrected chi connectivity index (χ2v) is 7.65. The van der Waals surface area contributed by atoms with Crippen LogP contribution in [-0.2, 0) is 10.0 Å². The van der Waals surface area contributed by atoms with E-state index in [4.69, 9.17) is 5.73 Å². The summed E-state index contributed by atoms with van der Waals surface area (Å²) in [5, 5.41) is 9.69. The van der Waals surface area contributed by atoms with Crippen LogP contribution in [0.3, 0.4) is 0 Å². The predicted octanol–water partition coefficient (Wildman–Crippen LogP) is 1.86. The molecule has 0 heterocycles. The number of sulfonamides is 1. The number of hydrogen-bond donors (Lipinski definition) is 3. The zero-order valence-electron chi connectivity index (χ0n) is 12.6. The number of nitrogen functional groups attached to an aromatic ring is 1. The van der Waals surface area contributed by atoms with Crippen molar-refractivity contribution in [3.63, 3.8) is 0 Å². The highest BCUT2D eigenvalue weighted by molar-refractivity contribution is 7.89. The van der Waals surface area contributed by atoms with E-state index in [1.54, 1.807) is 13.0 Å². The third-order valence-corrected chi connectivity index (χ3v) is 6.22. The zero-order chi connectivity index (χ0) is 15.7. The van der Waals surface area contributed by atoms with Gasteiger partial charge in [-0.1, -0.05) is 25.3 Å². The van der Waals surface area contributed by atoms with Gasteiger partial charge in [-0.3, -0.25) is 0 Å². The third kappa shape index (κ3) is 3.22. The molecule has 1 aliphatic rings. The van der Waals surface area contributed by atoms with Gasteiger partial charge in [0.05, 0.1) is 17.8 Å². The standard InChI is InChI=1S/C15H24N2O3S/c1-11-6-7-13(16)14(12(11)2)21(19,20)17-15(10-18)8-4-3-5-9-15/h6-7,17-18H,3-5,8-10,16H2,1-2H3. The molecule has 118 valence electrons. The van der Waals surface area contributed by atoms with E-state index in [1.165, 1.54) is 0 Å². The van der Waals surface area contributed by atoms with Gasteiger partial charge in [0.15, 0.2) is 0 Å². The Morgan fingerprint density at radius 3 is 2.43 bits per heavy atom. The summed E-state index contributed by atoms with van der Waals surface area (Å²) in [7, 11) is -3.75. The number of anilines is 1. The molecule has 1 aliphatic carbocycles. The van der Waals surface area contributed by atoms with E-state index < -0.39 is 15.6 Å². The fourth-order valence-electron chi connectivity index (χ4n) is 3.02. The van der Waals surface area contributed by atoms with E-state index in [2.05, 4.69) is 4.72 Å². The van der Waals surface area contributed by atoms with Crippen LogP contribution in [0.1, 0.15) is 43.2 Å². The van der Waals surface area contributed by atoms with E-state index in [0.29, 0.717) is 18.4 Å². The summed E-state index contributed by atoms with van der Waals surface area (Å²) in [5.74, 6) is 0. The number of hydrogen-bond acceptors (Lipinski definition) is 4. The summed E-state index contributed by atoms with van der Waals surface area (Å²) in [6, 6.07) is 3.43. The van der Waals surface area contributed by atoms with E-state index in [9.17, 15) is 13.5 Å². The first-order valence-electron chi connectivity index (χ1n) is 7.32. The molecule has 0 aliphatic heterocycles. The van der Waals surface area contributed by atoms with Crippen molar-refractivity contribution in [2.75, 3.05) is 12.3 Å². The summed E-state index contributed by atoms with van der Waals surface area (Å²) < 4.78 is 28.2. The Labute approximate surface area is 126 Å². The monoisotopic (exact) mass is 312 g/mol. The Hall–Kier alpha value is -1.11. The topological polar surface area (TPSA) is 92.4 Å². The van der Waals surface area contributed by atoms with Gasteiger partial charge in [-0.25, -0.2) is 13.1 Å². The highest BCUT2D eigenvalue weighted by Crippen LogP contribution is 2.32. The molecule has 0 bridgehead atoms. The minimum atomic E-state index is -3.75. The van der Waals surface area contributed by atoms with Crippen LogP contribution in [-0.4, -0.2) is 25.7 Å². The molecule has 4 N–H and O–H groups in total.